The van der Waals surface area contributed by atoms with Crippen molar-refractivity contribution in [3.8, 4) is 0 Å². The fraction of sp³-hybridized carbons (Fsp3) is 0.500. The number of benzene rings is 1. The number of rotatable bonds is 4. The fourth-order valence-corrected chi connectivity index (χ4v) is 2.49. The van der Waals surface area contributed by atoms with E-state index in [0.29, 0.717) is 26.2 Å². The number of hydrogen-bond acceptors (Lipinski definition) is 4. The first-order valence-electron chi connectivity index (χ1n) is 6.89. The highest BCUT2D eigenvalue weighted by molar-refractivity contribution is 5.84. The molecule has 1 aromatic carbocycles. The van der Waals surface area contributed by atoms with Gasteiger partial charge in [-0.25, -0.2) is 8.78 Å². The Morgan fingerprint density at radius 2 is 1.86 bits per heavy atom. The Hall–Kier alpha value is -1.73. The van der Waals surface area contributed by atoms with E-state index in [0.717, 1.165) is 0 Å². The van der Waals surface area contributed by atoms with E-state index in [2.05, 4.69) is 10.1 Å². The highest BCUT2D eigenvalue weighted by atomic mass is 19.1. The van der Waals surface area contributed by atoms with E-state index in [4.69, 9.17) is 10.9 Å². The van der Waals surface area contributed by atoms with Crippen LogP contribution >= 0.6 is 0 Å². The summed E-state index contributed by atoms with van der Waals surface area (Å²) in [4.78, 5) is 4.07. The zero-order chi connectivity index (χ0) is 15.4. The van der Waals surface area contributed by atoms with Gasteiger partial charge in [-0.05, 0) is 19.1 Å². The topological polar surface area (TPSA) is 65.1 Å². The van der Waals surface area contributed by atoms with Gasteiger partial charge >= 0.3 is 0 Å². The van der Waals surface area contributed by atoms with E-state index in [9.17, 15) is 8.78 Å². The summed E-state index contributed by atoms with van der Waals surface area (Å²) >= 11 is 0. The lowest BCUT2D eigenvalue weighted by Crippen LogP contribution is -2.52. The molecule has 21 heavy (non-hydrogen) atoms. The van der Waals surface area contributed by atoms with Gasteiger partial charge in [-0.15, -0.1) is 0 Å². The quantitative estimate of drug-likeness (QED) is 0.380. The van der Waals surface area contributed by atoms with Gasteiger partial charge in [-0.1, -0.05) is 11.2 Å². The van der Waals surface area contributed by atoms with Crippen LogP contribution < -0.4 is 5.73 Å². The van der Waals surface area contributed by atoms with Crippen LogP contribution in [0.25, 0.3) is 0 Å². The number of piperazine rings is 1. The van der Waals surface area contributed by atoms with Crippen LogP contribution in [-0.2, 0) is 6.54 Å². The summed E-state index contributed by atoms with van der Waals surface area (Å²) in [5.41, 5.74) is 5.70. The molecule has 0 aliphatic carbocycles. The van der Waals surface area contributed by atoms with E-state index >= 15 is 0 Å². The average Bonchev–Trinajstić information content (AvgIpc) is 2.50. The molecule has 1 heterocycles. The molecule has 1 fully saturated rings. The molecule has 1 saturated heterocycles. The first-order valence-corrected chi connectivity index (χ1v) is 6.89. The molecule has 3 N–H and O–H groups in total. The molecular weight excluding hydrogens is 278 g/mol. The Morgan fingerprint density at radius 1 is 1.29 bits per heavy atom. The van der Waals surface area contributed by atoms with Crippen LogP contribution in [0.4, 0.5) is 8.78 Å². The Morgan fingerprint density at radius 3 is 2.38 bits per heavy atom. The number of oxime groups is 1. The highest BCUT2D eigenvalue weighted by Gasteiger charge is 2.24. The molecule has 0 saturated carbocycles. The largest absolute Gasteiger partial charge is 0.409 e. The predicted octanol–water partition coefficient (Wildman–Crippen LogP) is 1.22. The molecule has 1 atom stereocenters. The minimum atomic E-state index is -0.512. The Balaban J connectivity index is 1.93. The summed E-state index contributed by atoms with van der Waals surface area (Å²) in [5.74, 6) is -0.853. The number of nitrogens with zero attached hydrogens (tertiary/aromatic N) is 3. The van der Waals surface area contributed by atoms with Crippen molar-refractivity contribution in [2.75, 3.05) is 26.2 Å². The van der Waals surface area contributed by atoms with Gasteiger partial charge in [0.05, 0.1) is 6.04 Å². The second kappa shape index (κ2) is 6.82. The van der Waals surface area contributed by atoms with Crippen molar-refractivity contribution in [1.82, 2.24) is 9.80 Å². The minimum absolute atomic E-state index is 0.107. The molecule has 0 spiro atoms. The summed E-state index contributed by atoms with van der Waals surface area (Å²) in [6, 6.07) is 3.76. The maximum atomic E-state index is 13.6. The van der Waals surface area contributed by atoms with Crippen molar-refractivity contribution >= 4 is 5.84 Å². The van der Waals surface area contributed by atoms with Crippen LogP contribution in [-0.4, -0.2) is 53.1 Å². The summed E-state index contributed by atoms with van der Waals surface area (Å²) in [6.07, 6.45) is 0. The van der Waals surface area contributed by atoms with Crippen molar-refractivity contribution in [2.45, 2.75) is 19.5 Å². The molecular formula is C14H20F2N4O. The minimum Gasteiger partial charge on any atom is -0.409 e. The normalized spacial score (nSPS) is 19.7. The molecule has 7 heteroatoms. The molecule has 1 aliphatic heterocycles. The van der Waals surface area contributed by atoms with E-state index in [-0.39, 0.29) is 24.0 Å². The molecule has 1 aromatic rings. The van der Waals surface area contributed by atoms with Gasteiger partial charge in [0.15, 0.2) is 5.84 Å². The molecule has 5 nitrogen and oxygen atoms in total. The van der Waals surface area contributed by atoms with E-state index in [1.165, 1.54) is 18.2 Å². The second-order valence-electron chi connectivity index (χ2n) is 5.21. The lowest BCUT2D eigenvalue weighted by atomic mass is 10.1. The molecule has 116 valence electrons. The average molecular weight is 298 g/mol. The Bertz CT molecular complexity index is 495. The zero-order valence-corrected chi connectivity index (χ0v) is 12.0. The van der Waals surface area contributed by atoms with E-state index in [1.807, 2.05) is 11.8 Å². The molecule has 0 bridgehead atoms. The molecule has 1 aliphatic rings. The maximum Gasteiger partial charge on any atom is 0.156 e. The number of amidine groups is 1. The van der Waals surface area contributed by atoms with Crippen molar-refractivity contribution in [2.24, 2.45) is 10.9 Å². The van der Waals surface area contributed by atoms with Crippen molar-refractivity contribution in [3.63, 3.8) is 0 Å². The van der Waals surface area contributed by atoms with Crippen LogP contribution in [0, 0.1) is 11.6 Å². The lowest BCUT2D eigenvalue weighted by molar-refractivity contribution is 0.114. The summed E-state index contributed by atoms with van der Waals surface area (Å²) in [7, 11) is 0. The second-order valence-corrected chi connectivity index (χ2v) is 5.21. The van der Waals surface area contributed by atoms with E-state index < -0.39 is 11.6 Å². The van der Waals surface area contributed by atoms with Crippen molar-refractivity contribution < 1.29 is 14.0 Å². The predicted molar refractivity (Wildman–Crippen MR) is 76.1 cm³/mol. The first kappa shape index (κ1) is 15.7. The third-order valence-electron chi connectivity index (χ3n) is 3.94. The Kier molecular flexibility index (Phi) is 5.08. The van der Waals surface area contributed by atoms with Crippen molar-refractivity contribution in [3.05, 3.63) is 35.4 Å². The van der Waals surface area contributed by atoms with Gasteiger partial charge in [0, 0.05) is 38.3 Å². The van der Waals surface area contributed by atoms with Gasteiger partial charge in [-0.2, -0.15) is 0 Å². The Labute approximate surface area is 122 Å². The van der Waals surface area contributed by atoms with Crippen LogP contribution in [0.5, 0.6) is 0 Å². The third kappa shape index (κ3) is 3.68. The molecule has 1 unspecified atom stereocenters. The zero-order valence-electron chi connectivity index (χ0n) is 12.0. The van der Waals surface area contributed by atoms with Crippen LogP contribution in [0.2, 0.25) is 0 Å². The number of nitrogens with two attached hydrogens (primary N) is 1. The fourth-order valence-electron chi connectivity index (χ4n) is 2.49. The van der Waals surface area contributed by atoms with Crippen LogP contribution in [0.1, 0.15) is 12.5 Å². The molecule has 0 amide bonds. The van der Waals surface area contributed by atoms with Gasteiger partial charge in [0.2, 0.25) is 0 Å². The molecule has 0 radical (unpaired) electrons. The smallest absolute Gasteiger partial charge is 0.156 e. The van der Waals surface area contributed by atoms with Gasteiger partial charge in [0.25, 0.3) is 0 Å². The van der Waals surface area contributed by atoms with E-state index in [1.54, 1.807) is 0 Å². The van der Waals surface area contributed by atoms with Crippen LogP contribution in [0.15, 0.2) is 23.4 Å². The SMILES string of the molecule is CC(/C(N)=N/O)N1CCN(Cc2c(F)cccc2F)CC1. The summed E-state index contributed by atoms with van der Waals surface area (Å²) < 4.78 is 27.2. The number of halogens is 2. The summed E-state index contributed by atoms with van der Waals surface area (Å²) in [5, 5.41) is 11.7. The standard InChI is InChI=1S/C14H20F2N4O/c1-10(14(17)18-21)20-7-5-19(6-8-20)9-11-12(15)3-2-4-13(11)16/h2-4,10,21H,5-9H2,1H3,(H2,17,18). The van der Waals surface area contributed by atoms with Gasteiger partial charge in [-0.3, -0.25) is 9.80 Å². The van der Waals surface area contributed by atoms with Gasteiger partial charge < -0.3 is 10.9 Å². The highest BCUT2D eigenvalue weighted by Crippen LogP contribution is 2.16. The van der Waals surface area contributed by atoms with Crippen molar-refractivity contribution in [1.29, 1.82) is 0 Å². The molecule has 0 aromatic heterocycles. The van der Waals surface area contributed by atoms with Gasteiger partial charge in [0.1, 0.15) is 11.6 Å². The lowest BCUT2D eigenvalue weighted by Gasteiger charge is -2.37. The maximum absolute atomic E-state index is 13.6. The van der Waals surface area contributed by atoms with Crippen LogP contribution in [0.3, 0.4) is 0 Å². The third-order valence-corrected chi connectivity index (χ3v) is 3.94. The first-order chi connectivity index (χ1) is 10.0. The summed E-state index contributed by atoms with van der Waals surface area (Å²) in [6.45, 7) is 4.88. The molecule has 2 rings (SSSR count). The monoisotopic (exact) mass is 298 g/mol. The number of hydrogen-bond donors (Lipinski definition) is 2.